The first-order valence-corrected chi connectivity index (χ1v) is 26.5. The second-order valence-electron chi connectivity index (χ2n) is 20.4. The number of hydrogen-bond acceptors (Lipinski definition) is 4. The third-order valence-electron chi connectivity index (χ3n) is 16.4. The van der Waals surface area contributed by atoms with Crippen LogP contribution in [0.5, 0.6) is 0 Å². The number of aromatic nitrogens is 2. The highest BCUT2D eigenvalue weighted by molar-refractivity contribution is 6.21. The lowest BCUT2D eigenvalue weighted by Crippen LogP contribution is -2.26. The van der Waals surface area contributed by atoms with E-state index in [-0.39, 0.29) is 0 Å². The number of benzene rings is 11. The van der Waals surface area contributed by atoms with Crippen molar-refractivity contribution in [2.45, 2.75) is 5.41 Å². The molecule has 0 aliphatic heterocycles. The summed E-state index contributed by atoms with van der Waals surface area (Å²) < 4.78 is 0. The van der Waals surface area contributed by atoms with E-state index in [9.17, 15) is 0 Å². The Morgan fingerprint density at radius 1 is 0.286 bits per heavy atom. The minimum Gasteiger partial charge on any atom is -0.310 e. The number of fused-ring (bicyclic) bond motifs is 14. The summed E-state index contributed by atoms with van der Waals surface area (Å²) in [5.74, 6) is 0. The number of para-hydroxylation sites is 5. The Labute approximate surface area is 447 Å². The Morgan fingerprint density at radius 2 is 0.779 bits per heavy atom. The van der Waals surface area contributed by atoms with Gasteiger partial charge in [0.1, 0.15) is 0 Å². The van der Waals surface area contributed by atoms with Crippen molar-refractivity contribution in [3.05, 3.63) is 302 Å². The first kappa shape index (κ1) is 43.3. The molecule has 1 spiro atoms. The second kappa shape index (κ2) is 16.9. The van der Waals surface area contributed by atoms with Gasteiger partial charge in [0.25, 0.3) is 0 Å². The fraction of sp³-hybridized carbons (Fsp3) is 0.0137. The van der Waals surface area contributed by atoms with Crippen molar-refractivity contribution in [1.29, 1.82) is 0 Å². The minimum absolute atomic E-state index is 0.695. The average molecular weight is 979 g/mol. The highest BCUT2D eigenvalue weighted by Gasteiger charge is 2.53. The molecule has 0 radical (unpaired) electrons. The van der Waals surface area contributed by atoms with Gasteiger partial charge >= 0.3 is 0 Å². The van der Waals surface area contributed by atoms with E-state index in [1.54, 1.807) is 0 Å². The van der Waals surface area contributed by atoms with Gasteiger partial charge in [0.2, 0.25) is 0 Å². The zero-order chi connectivity index (χ0) is 50.6. The number of anilines is 6. The van der Waals surface area contributed by atoms with Crippen molar-refractivity contribution in [2.75, 3.05) is 9.80 Å². The molecule has 0 saturated carbocycles. The first-order valence-electron chi connectivity index (χ1n) is 26.5. The molecular weight excluding hydrogens is 933 g/mol. The van der Waals surface area contributed by atoms with Gasteiger partial charge in [-0.15, -0.1) is 0 Å². The smallest absolute Gasteiger partial charge is 0.0780 e. The van der Waals surface area contributed by atoms with Crippen LogP contribution in [0.2, 0.25) is 0 Å². The largest absolute Gasteiger partial charge is 0.310 e. The molecule has 0 N–H and O–H groups in total. The van der Waals surface area contributed by atoms with Crippen LogP contribution in [0.3, 0.4) is 0 Å². The Morgan fingerprint density at radius 3 is 1.39 bits per heavy atom. The van der Waals surface area contributed by atoms with Gasteiger partial charge in [0.05, 0.1) is 10.9 Å². The number of pyridine rings is 2. The lowest BCUT2D eigenvalue weighted by Gasteiger charge is -2.32. The third-order valence-corrected chi connectivity index (χ3v) is 16.4. The van der Waals surface area contributed by atoms with Crippen LogP contribution in [0.4, 0.5) is 34.1 Å². The van der Waals surface area contributed by atoms with Crippen molar-refractivity contribution < 1.29 is 0 Å². The van der Waals surface area contributed by atoms with Gasteiger partial charge in [-0.25, -0.2) is 0 Å². The summed E-state index contributed by atoms with van der Waals surface area (Å²) in [6, 6.07) is 95.9. The maximum atomic E-state index is 5.13. The lowest BCUT2D eigenvalue weighted by molar-refractivity contribution is 0.794. The zero-order valence-electron chi connectivity index (χ0n) is 41.8. The van der Waals surface area contributed by atoms with E-state index in [0.717, 1.165) is 61.7 Å². The van der Waals surface area contributed by atoms with Crippen LogP contribution in [0.1, 0.15) is 22.3 Å². The molecule has 0 bridgehead atoms. The molecule has 77 heavy (non-hydrogen) atoms. The summed E-state index contributed by atoms with van der Waals surface area (Å²) in [6.45, 7) is 0. The Hall–Kier alpha value is -10.2. The molecule has 3 aliphatic rings. The SMILES string of the molecule is c1ccc(N(c2ccccc2)c2ccc3c(c2)-c2cc(N(c4ccccc4)c4ccccc4)ccc2C32c3ccccc3-c3c2cc2c(c3-c3cncc(-c4cccc5cccnc45)c3)-c3cccc4cccc-2c34)cc1. The Kier molecular flexibility index (Phi) is 9.52. The van der Waals surface area contributed by atoms with Crippen LogP contribution in [-0.4, -0.2) is 9.97 Å². The van der Waals surface area contributed by atoms with E-state index >= 15 is 0 Å². The minimum atomic E-state index is -0.695. The van der Waals surface area contributed by atoms with Gasteiger partial charge in [0.15, 0.2) is 0 Å². The maximum absolute atomic E-state index is 5.13. The van der Waals surface area contributed by atoms with E-state index in [1.807, 2.05) is 18.5 Å². The van der Waals surface area contributed by atoms with Crippen LogP contribution in [0, 0.1) is 0 Å². The molecule has 3 aliphatic carbocycles. The molecule has 13 aromatic rings. The maximum Gasteiger partial charge on any atom is 0.0780 e. The molecule has 0 atom stereocenters. The molecule has 4 heteroatoms. The van der Waals surface area contributed by atoms with Gasteiger partial charge in [-0.2, -0.15) is 0 Å². The van der Waals surface area contributed by atoms with Crippen molar-refractivity contribution in [2.24, 2.45) is 0 Å². The Bertz CT molecular complexity index is 4290. The van der Waals surface area contributed by atoms with Crippen molar-refractivity contribution in [1.82, 2.24) is 9.97 Å². The molecular formula is C73H46N4. The summed E-state index contributed by atoms with van der Waals surface area (Å²) in [6.07, 6.45) is 5.98. The van der Waals surface area contributed by atoms with E-state index in [1.165, 1.54) is 83.1 Å². The fourth-order valence-corrected chi connectivity index (χ4v) is 13.4. The van der Waals surface area contributed by atoms with Crippen LogP contribution >= 0.6 is 0 Å². The molecule has 0 fully saturated rings. The van der Waals surface area contributed by atoms with Gasteiger partial charge in [-0.1, -0.05) is 170 Å². The van der Waals surface area contributed by atoms with Gasteiger partial charge in [-0.3, -0.25) is 9.97 Å². The molecule has 358 valence electrons. The standard InChI is InChI=1S/C73H46N4/c1-5-23-51(24-6-1)76(52-25-7-2-8-26-52)55-36-38-65-61(42-55)62-43-56(77(53-27-9-3-10-28-53)54-29-11-4-12-30-54)37-39-66(62)73(65)64-35-14-13-31-59(64)71-67(73)44-63-58-33-15-19-47-20-16-34-60(68(47)58)70(63)69(71)50-41-49(45-74-46-50)57-32-17-21-48-22-18-40-75-72(48)57/h1-46H. The van der Waals surface area contributed by atoms with E-state index in [4.69, 9.17) is 9.97 Å². The molecule has 0 saturated heterocycles. The monoisotopic (exact) mass is 978 g/mol. The van der Waals surface area contributed by atoms with Crippen LogP contribution in [0.25, 0.3) is 88.4 Å². The summed E-state index contributed by atoms with van der Waals surface area (Å²) in [7, 11) is 0. The molecule has 2 aromatic heterocycles. The van der Waals surface area contributed by atoms with Crippen molar-refractivity contribution in [3.63, 3.8) is 0 Å². The first-order chi connectivity index (χ1) is 38.2. The normalized spacial score (nSPS) is 12.8. The van der Waals surface area contributed by atoms with E-state index in [0.29, 0.717) is 0 Å². The molecule has 11 aromatic carbocycles. The van der Waals surface area contributed by atoms with Gasteiger partial charge in [-0.05, 0) is 174 Å². The highest BCUT2D eigenvalue weighted by atomic mass is 15.1. The average Bonchev–Trinajstić information content (AvgIpc) is 4.09. The quantitative estimate of drug-likeness (QED) is 0.152. The van der Waals surface area contributed by atoms with Gasteiger partial charge in [0, 0.05) is 74.8 Å². The fourth-order valence-electron chi connectivity index (χ4n) is 13.4. The van der Waals surface area contributed by atoms with E-state index in [2.05, 4.69) is 271 Å². The van der Waals surface area contributed by atoms with Crippen LogP contribution in [0.15, 0.2) is 279 Å². The summed E-state index contributed by atoms with van der Waals surface area (Å²) >= 11 is 0. The van der Waals surface area contributed by atoms with E-state index < -0.39 is 5.41 Å². The third kappa shape index (κ3) is 6.33. The predicted octanol–water partition coefficient (Wildman–Crippen LogP) is 19.0. The second-order valence-corrected chi connectivity index (χ2v) is 20.4. The molecule has 2 heterocycles. The molecule has 0 unspecified atom stereocenters. The molecule has 4 nitrogen and oxygen atoms in total. The summed E-state index contributed by atoms with van der Waals surface area (Å²) in [4.78, 5) is 14.8. The van der Waals surface area contributed by atoms with Crippen LogP contribution < -0.4 is 9.80 Å². The lowest BCUT2D eigenvalue weighted by atomic mass is 9.69. The number of nitrogens with zero attached hydrogens (tertiary/aromatic N) is 4. The zero-order valence-corrected chi connectivity index (χ0v) is 41.8. The number of hydrogen-bond donors (Lipinski definition) is 0. The Balaban J connectivity index is 1.02. The highest BCUT2D eigenvalue weighted by Crippen LogP contribution is 2.68. The molecule has 0 amide bonds. The topological polar surface area (TPSA) is 32.3 Å². The molecule has 16 rings (SSSR count). The number of rotatable bonds is 8. The summed E-state index contributed by atoms with van der Waals surface area (Å²) in [5.41, 5.74) is 26.2. The summed E-state index contributed by atoms with van der Waals surface area (Å²) in [5, 5.41) is 3.64. The van der Waals surface area contributed by atoms with Crippen molar-refractivity contribution >= 4 is 55.8 Å². The van der Waals surface area contributed by atoms with Crippen LogP contribution in [-0.2, 0) is 5.41 Å². The van der Waals surface area contributed by atoms with Gasteiger partial charge < -0.3 is 9.80 Å². The van der Waals surface area contributed by atoms with Crippen molar-refractivity contribution in [3.8, 4) is 66.8 Å². The predicted molar refractivity (Wildman–Crippen MR) is 318 cm³/mol.